The third-order valence-corrected chi connectivity index (χ3v) is 8.89. The predicted molar refractivity (Wildman–Crippen MR) is 174 cm³/mol. The highest BCUT2D eigenvalue weighted by molar-refractivity contribution is 9.10. The molecule has 8 nitrogen and oxygen atoms in total. The van der Waals surface area contributed by atoms with Crippen molar-refractivity contribution in [2.75, 3.05) is 39.4 Å². The molecule has 0 saturated carbocycles. The van der Waals surface area contributed by atoms with Crippen LogP contribution in [-0.4, -0.2) is 75.8 Å². The summed E-state index contributed by atoms with van der Waals surface area (Å²) in [4.78, 5) is 9.10. The Morgan fingerprint density at radius 2 is 1.34 bits per heavy atom. The second-order valence-corrected chi connectivity index (χ2v) is 12.7. The van der Waals surface area contributed by atoms with Crippen molar-refractivity contribution in [1.82, 2.24) is 19.1 Å². The van der Waals surface area contributed by atoms with Crippen molar-refractivity contribution in [2.24, 2.45) is 14.1 Å². The van der Waals surface area contributed by atoms with Crippen LogP contribution in [0.5, 0.6) is 0 Å². The summed E-state index contributed by atoms with van der Waals surface area (Å²) in [6.07, 6.45) is 5.77. The van der Waals surface area contributed by atoms with E-state index in [2.05, 4.69) is 97.9 Å². The van der Waals surface area contributed by atoms with E-state index in [4.69, 9.17) is 9.47 Å². The fourth-order valence-corrected chi connectivity index (χ4v) is 6.61. The van der Waals surface area contributed by atoms with Gasteiger partial charge in [-0.25, -0.2) is 9.97 Å². The molecule has 2 unspecified atom stereocenters. The van der Waals surface area contributed by atoms with E-state index in [-0.39, 0.29) is 6.10 Å². The summed E-state index contributed by atoms with van der Waals surface area (Å²) in [5, 5.41) is 13.1. The van der Waals surface area contributed by atoms with E-state index >= 15 is 0 Å². The topological polar surface area (TPSA) is 83.6 Å². The van der Waals surface area contributed by atoms with E-state index in [1.165, 1.54) is 33.3 Å². The first kappa shape index (κ1) is 32.6. The number of hydrogen-bond donors (Lipinski definition) is 1. The highest BCUT2D eigenvalue weighted by Gasteiger charge is 2.26. The number of aliphatic hydroxyl groups is 1. The van der Waals surface area contributed by atoms with Gasteiger partial charge in [-0.1, -0.05) is 15.9 Å². The van der Waals surface area contributed by atoms with Gasteiger partial charge in [0, 0.05) is 68.6 Å². The quantitative estimate of drug-likeness (QED) is 0.146. The van der Waals surface area contributed by atoms with Gasteiger partial charge in [0.15, 0.2) is 0 Å². The van der Waals surface area contributed by atoms with Crippen LogP contribution in [0.1, 0.15) is 35.4 Å². The van der Waals surface area contributed by atoms with Crippen LogP contribution in [0.4, 0.5) is 0 Å². The second kappa shape index (κ2) is 15.4. The average molecular weight is 759 g/mol. The van der Waals surface area contributed by atoms with Gasteiger partial charge in [-0.3, -0.25) is 0 Å². The monoisotopic (exact) mass is 756 g/mol. The summed E-state index contributed by atoms with van der Waals surface area (Å²) in [5.41, 5.74) is 7.46. The van der Waals surface area contributed by atoms with Crippen LogP contribution in [0.3, 0.4) is 0 Å². The number of fused-ring (bicyclic) bond motifs is 6. The van der Waals surface area contributed by atoms with Gasteiger partial charge in [0.2, 0.25) is 0 Å². The standard InChI is InChI=1S/C15H19BrN2O2.C12H13BrN2O.C3H7BrO/c1-18-13-5-3-10(20-8-7-19-2)9-12(13)11-4-6-14(16)17-15(11)18;1-15-10-4-2-7(16)6-9(10)8-3-5-11(13)14-12(8)15;1-5-3-2-4/h4,6,10H,3,5,7-9H2,1-2H3;3,5,7,16H,2,4,6H2,1H3;2-3H2,1H3. The number of halogens is 3. The normalized spacial score (nSPS) is 17.9. The highest BCUT2D eigenvalue weighted by Crippen LogP contribution is 2.33. The van der Waals surface area contributed by atoms with Crippen LogP contribution in [0.15, 0.2) is 33.5 Å². The van der Waals surface area contributed by atoms with Gasteiger partial charge in [-0.2, -0.15) is 0 Å². The molecule has 0 bridgehead atoms. The molecule has 4 aromatic rings. The summed E-state index contributed by atoms with van der Waals surface area (Å²) < 4.78 is 21.7. The Hall–Kier alpha value is -1.34. The van der Waals surface area contributed by atoms with Crippen LogP contribution in [0, 0.1) is 0 Å². The molecule has 0 amide bonds. The molecular formula is C30H39Br3N4O4. The van der Waals surface area contributed by atoms with Crippen LogP contribution in [0.2, 0.25) is 0 Å². The molecular weight excluding hydrogens is 720 g/mol. The Bertz CT molecular complexity index is 1450. The number of methoxy groups -OCH3 is 2. The molecule has 41 heavy (non-hydrogen) atoms. The molecule has 4 heterocycles. The van der Waals surface area contributed by atoms with Crippen molar-refractivity contribution >= 4 is 69.9 Å². The van der Waals surface area contributed by atoms with Gasteiger partial charge < -0.3 is 28.5 Å². The van der Waals surface area contributed by atoms with E-state index < -0.39 is 0 Å². The summed E-state index contributed by atoms with van der Waals surface area (Å²) in [6.45, 7) is 2.14. The molecule has 2 aliphatic rings. The Morgan fingerprint density at radius 1 is 0.805 bits per heavy atom. The molecule has 0 spiro atoms. The average Bonchev–Trinajstić information content (AvgIpc) is 3.39. The third-order valence-electron chi connectivity index (χ3n) is 7.69. The molecule has 0 aliphatic heterocycles. The van der Waals surface area contributed by atoms with Gasteiger partial charge in [0.25, 0.3) is 0 Å². The fraction of sp³-hybridized carbons (Fsp3) is 0.533. The van der Waals surface area contributed by atoms with Gasteiger partial charge in [0.05, 0.1) is 32.0 Å². The number of aryl methyl sites for hydroxylation is 2. The third kappa shape index (κ3) is 7.79. The lowest BCUT2D eigenvalue weighted by atomic mass is 9.93. The van der Waals surface area contributed by atoms with Crippen molar-refractivity contribution in [3.8, 4) is 0 Å². The zero-order chi connectivity index (χ0) is 29.5. The first-order valence-electron chi connectivity index (χ1n) is 13.9. The number of ether oxygens (including phenoxy) is 3. The second-order valence-electron chi connectivity index (χ2n) is 10.3. The van der Waals surface area contributed by atoms with Gasteiger partial charge in [0.1, 0.15) is 20.5 Å². The number of rotatable bonds is 6. The number of alkyl halides is 1. The van der Waals surface area contributed by atoms with E-state index in [0.29, 0.717) is 19.3 Å². The van der Waals surface area contributed by atoms with Crippen molar-refractivity contribution in [3.63, 3.8) is 0 Å². The minimum absolute atomic E-state index is 0.193. The Balaban J connectivity index is 0.000000165. The van der Waals surface area contributed by atoms with Crippen molar-refractivity contribution in [1.29, 1.82) is 0 Å². The first-order valence-corrected chi connectivity index (χ1v) is 16.6. The maximum absolute atomic E-state index is 9.74. The molecule has 2 atom stereocenters. The summed E-state index contributed by atoms with van der Waals surface area (Å²) in [7, 11) is 7.54. The van der Waals surface area contributed by atoms with Crippen molar-refractivity contribution < 1.29 is 19.3 Å². The van der Waals surface area contributed by atoms with E-state index in [1.54, 1.807) is 14.2 Å². The summed E-state index contributed by atoms with van der Waals surface area (Å²) in [6, 6.07) is 8.22. The van der Waals surface area contributed by atoms with Gasteiger partial charge >= 0.3 is 0 Å². The molecule has 224 valence electrons. The maximum Gasteiger partial charge on any atom is 0.141 e. The molecule has 0 radical (unpaired) electrons. The molecule has 0 fully saturated rings. The molecule has 0 aromatic carbocycles. The molecule has 4 aromatic heterocycles. The van der Waals surface area contributed by atoms with Crippen LogP contribution in [-0.2, 0) is 54.0 Å². The molecule has 1 N–H and O–H groups in total. The number of hydrogen-bond acceptors (Lipinski definition) is 6. The number of aliphatic hydroxyl groups excluding tert-OH is 1. The number of pyridine rings is 2. The smallest absolute Gasteiger partial charge is 0.141 e. The zero-order valence-electron chi connectivity index (χ0n) is 24.1. The number of aromatic nitrogens is 4. The Morgan fingerprint density at radius 3 is 1.85 bits per heavy atom. The molecule has 6 rings (SSSR count). The SMILES string of the molecule is COCCBr.COCCOC1CCc2c(c3ccc(Br)nc3n2C)C1.Cn1c2c(c3ccc(Br)nc31)CC(O)CC2. The van der Waals surface area contributed by atoms with Crippen LogP contribution in [0.25, 0.3) is 22.1 Å². The Kier molecular flexibility index (Phi) is 12.2. The van der Waals surface area contributed by atoms with Crippen LogP contribution < -0.4 is 0 Å². The van der Waals surface area contributed by atoms with E-state index in [1.807, 2.05) is 12.1 Å². The maximum atomic E-state index is 9.74. The first-order chi connectivity index (χ1) is 19.8. The number of nitrogens with zero attached hydrogens (tertiary/aromatic N) is 4. The predicted octanol–water partition coefficient (Wildman–Crippen LogP) is 6.07. The zero-order valence-corrected chi connectivity index (χ0v) is 28.9. The van der Waals surface area contributed by atoms with E-state index in [9.17, 15) is 5.11 Å². The van der Waals surface area contributed by atoms with Gasteiger partial charge in [-0.05, 0) is 92.9 Å². The van der Waals surface area contributed by atoms with Gasteiger partial charge in [-0.15, -0.1) is 0 Å². The van der Waals surface area contributed by atoms with Crippen molar-refractivity contribution in [2.45, 2.75) is 50.7 Å². The largest absolute Gasteiger partial charge is 0.393 e. The lowest BCUT2D eigenvalue weighted by Crippen LogP contribution is -2.24. The highest BCUT2D eigenvalue weighted by atomic mass is 79.9. The lowest BCUT2D eigenvalue weighted by molar-refractivity contribution is 0.0110. The van der Waals surface area contributed by atoms with Crippen LogP contribution >= 0.6 is 47.8 Å². The molecule has 0 saturated heterocycles. The van der Waals surface area contributed by atoms with Crippen molar-refractivity contribution in [3.05, 3.63) is 56.0 Å². The summed E-state index contributed by atoms with van der Waals surface area (Å²) in [5.74, 6) is 0. The minimum atomic E-state index is -0.193. The summed E-state index contributed by atoms with van der Waals surface area (Å²) >= 11 is 10.0. The minimum Gasteiger partial charge on any atom is -0.393 e. The lowest BCUT2D eigenvalue weighted by Gasteiger charge is -2.23. The Labute approximate surface area is 267 Å². The molecule has 2 aliphatic carbocycles. The van der Waals surface area contributed by atoms with E-state index in [0.717, 1.165) is 71.0 Å². The molecule has 11 heteroatoms. The fourth-order valence-electron chi connectivity index (χ4n) is 5.68.